The van der Waals surface area contributed by atoms with E-state index in [1.54, 1.807) is 42.6 Å². The number of pyridine rings is 1. The molecule has 1 aromatic heterocycles. The van der Waals surface area contributed by atoms with Crippen LogP contribution in [-0.2, 0) is 0 Å². The van der Waals surface area contributed by atoms with Gasteiger partial charge in [-0.1, -0.05) is 23.7 Å². The fourth-order valence-electron chi connectivity index (χ4n) is 2.44. The summed E-state index contributed by atoms with van der Waals surface area (Å²) >= 11 is 6.08. The number of anilines is 3. The summed E-state index contributed by atoms with van der Waals surface area (Å²) in [6.07, 6.45) is 1.71. The second kappa shape index (κ2) is 8.56. The van der Waals surface area contributed by atoms with E-state index in [0.717, 1.165) is 17.1 Å². The minimum atomic E-state index is -0.326. The molecule has 138 valence electrons. The van der Waals surface area contributed by atoms with Crippen LogP contribution in [0.2, 0.25) is 5.02 Å². The predicted octanol–water partition coefficient (Wildman–Crippen LogP) is 5.52. The minimum Gasteiger partial charge on any atom is -0.491 e. The van der Waals surface area contributed by atoms with Crippen molar-refractivity contribution in [1.29, 1.82) is 0 Å². The second-order valence-electron chi connectivity index (χ2n) is 6.18. The maximum Gasteiger partial charge on any atom is 0.274 e. The molecule has 0 bridgehead atoms. The smallest absolute Gasteiger partial charge is 0.274 e. The zero-order chi connectivity index (χ0) is 19.2. The van der Waals surface area contributed by atoms with Crippen molar-refractivity contribution in [3.05, 3.63) is 77.6 Å². The first-order chi connectivity index (χ1) is 13.0. The molecule has 1 amide bonds. The molecule has 3 aromatic rings. The van der Waals surface area contributed by atoms with E-state index < -0.39 is 0 Å². The third kappa shape index (κ3) is 5.21. The van der Waals surface area contributed by atoms with Gasteiger partial charge in [0.25, 0.3) is 5.91 Å². The number of hydrogen-bond acceptors (Lipinski definition) is 4. The molecule has 0 spiro atoms. The fraction of sp³-hybridized carbons (Fsp3) is 0.143. The average Bonchev–Trinajstić information content (AvgIpc) is 2.65. The van der Waals surface area contributed by atoms with Crippen molar-refractivity contribution in [2.24, 2.45) is 0 Å². The van der Waals surface area contributed by atoms with Gasteiger partial charge in [0.05, 0.1) is 16.8 Å². The summed E-state index contributed by atoms with van der Waals surface area (Å²) in [7, 11) is 0. The number of nitrogens with zero attached hydrogens (tertiary/aromatic N) is 1. The summed E-state index contributed by atoms with van der Waals surface area (Å²) in [5.41, 5.74) is 2.48. The minimum absolute atomic E-state index is 0.128. The van der Waals surface area contributed by atoms with Crippen LogP contribution in [0.15, 0.2) is 66.9 Å². The Morgan fingerprint density at radius 3 is 2.48 bits per heavy atom. The number of benzene rings is 2. The maximum absolute atomic E-state index is 12.4. The third-order valence-electron chi connectivity index (χ3n) is 3.63. The number of carbonyl (C=O) groups is 1. The quantitative estimate of drug-likeness (QED) is 0.590. The van der Waals surface area contributed by atoms with Crippen molar-refractivity contribution in [1.82, 2.24) is 4.98 Å². The number of carbonyl (C=O) groups excluding carboxylic acids is 1. The molecule has 0 atom stereocenters. The van der Waals surface area contributed by atoms with E-state index in [0.29, 0.717) is 16.4 Å². The van der Waals surface area contributed by atoms with Crippen molar-refractivity contribution in [2.75, 3.05) is 10.6 Å². The summed E-state index contributed by atoms with van der Waals surface area (Å²) in [5, 5.41) is 6.49. The SMILES string of the molecule is CC(C)Oc1ccc(Nc2ccnc(C(=O)Nc3ccccc3Cl)c2)cc1. The lowest BCUT2D eigenvalue weighted by Crippen LogP contribution is -2.14. The number of ether oxygens (including phenoxy) is 1. The monoisotopic (exact) mass is 381 g/mol. The molecule has 27 heavy (non-hydrogen) atoms. The lowest BCUT2D eigenvalue weighted by Gasteiger charge is -2.12. The van der Waals surface area contributed by atoms with Crippen LogP contribution in [0.1, 0.15) is 24.3 Å². The first-order valence-corrected chi connectivity index (χ1v) is 8.95. The van der Waals surface area contributed by atoms with Gasteiger partial charge in [-0.05, 0) is 62.4 Å². The Kier molecular flexibility index (Phi) is 5.94. The molecule has 0 fully saturated rings. The Hall–Kier alpha value is -3.05. The second-order valence-corrected chi connectivity index (χ2v) is 6.59. The summed E-state index contributed by atoms with van der Waals surface area (Å²) in [6.45, 7) is 3.97. The van der Waals surface area contributed by atoms with Crippen molar-refractivity contribution in [3.63, 3.8) is 0 Å². The van der Waals surface area contributed by atoms with Crippen molar-refractivity contribution >= 4 is 34.6 Å². The summed E-state index contributed by atoms with van der Waals surface area (Å²) in [4.78, 5) is 16.6. The van der Waals surface area contributed by atoms with E-state index >= 15 is 0 Å². The highest BCUT2D eigenvalue weighted by atomic mass is 35.5. The lowest BCUT2D eigenvalue weighted by atomic mass is 10.2. The highest BCUT2D eigenvalue weighted by Gasteiger charge is 2.10. The fourth-order valence-corrected chi connectivity index (χ4v) is 2.62. The highest BCUT2D eigenvalue weighted by molar-refractivity contribution is 6.33. The zero-order valence-electron chi connectivity index (χ0n) is 15.1. The van der Waals surface area contributed by atoms with Crippen LogP contribution in [0.4, 0.5) is 17.1 Å². The molecule has 2 N–H and O–H groups in total. The van der Waals surface area contributed by atoms with Gasteiger partial charge >= 0.3 is 0 Å². The first-order valence-electron chi connectivity index (χ1n) is 8.57. The molecule has 0 aliphatic carbocycles. The number of para-hydroxylation sites is 1. The van der Waals surface area contributed by atoms with E-state index in [9.17, 15) is 4.79 Å². The number of nitrogens with one attached hydrogen (secondary N) is 2. The molecule has 0 radical (unpaired) electrons. The summed E-state index contributed by atoms with van der Waals surface area (Å²) in [5.74, 6) is 0.484. The molecular weight excluding hydrogens is 362 g/mol. The largest absolute Gasteiger partial charge is 0.491 e. The number of rotatable bonds is 6. The van der Waals surface area contributed by atoms with E-state index in [-0.39, 0.29) is 12.0 Å². The van der Waals surface area contributed by atoms with Crippen LogP contribution in [0, 0.1) is 0 Å². The predicted molar refractivity (Wildman–Crippen MR) is 109 cm³/mol. The van der Waals surface area contributed by atoms with Crippen LogP contribution in [0.5, 0.6) is 5.75 Å². The Balaban J connectivity index is 1.70. The van der Waals surface area contributed by atoms with Crippen LogP contribution in [-0.4, -0.2) is 17.0 Å². The van der Waals surface area contributed by atoms with Gasteiger partial charge in [0.15, 0.2) is 0 Å². The molecule has 5 nitrogen and oxygen atoms in total. The van der Waals surface area contributed by atoms with Gasteiger partial charge in [0.2, 0.25) is 0 Å². The number of aromatic nitrogens is 1. The number of halogens is 1. The maximum atomic E-state index is 12.4. The summed E-state index contributed by atoms with van der Waals surface area (Å²) in [6, 6.07) is 18.2. The van der Waals surface area contributed by atoms with Crippen LogP contribution >= 0.6 is 11.6 Å². The Labute approximate surface area is 163 Å². The molecule has 0 saturated heterocycles. The molecular formula is C21H20ClN3O2. The van der Waals surface area contributed by atoms with Crippen molar-refractivity contribution in [2.45, 2.75) is 20.0 Å². The van der Waals surface area contributed by atoms with Crippen molar-refractivity contribution in [3.8, 4) is 5.75 Å². The van der Waals surface area contributed by atoms with Gasteiger partial charge in [-0.25, -0.2) is 0 Å². The lowest BCUT2D eigenvalue weighted by molar-refractivity contribution is 0.102. The van der Waals surface area contributed by atoms with Crippen LogP contribution in [0.3, 0.4) is 0 Å². The van der Waals surface area contributed by atoms with E-state index in [1.807, 2.05) is 38.1 Å². The topological polar surface area (TPSA) is 63.2 Å². The molecule has 0 aliphatic rings. The molecule has 2 aromatic carbocycles. The number of amides is 1. The van der Waals surface area contributed by atoms with Crippen LogP contribution in [0.25, 0.3) is 0 Å². The highest BCUT2D eigenvalue weighted by Crippen LogP contribution is 2.23. The standard InChI is InChI=1S/C21H20ClN3O2/c1-14(2)27-17-9-7-15(8-10-17)24-16-11-12-23-20(13-16)21(26)25-19-6-4-3-5-18(19)22/h3-14H,1-2H3,(H,23,24)(H,25,26). The molecule has 0 unspecified atom stereocenters. The number of hydrogen-bond donors (Lipinski definition) is 2. The van der Waals surface area contributed by atoms with Gasteiger partial charge in [0, 0.05) is 17.6 Å². The van der Waals surface area contributed by atoms with Gasteiger partial charge < -0.3 is 15.4 Å². The van der Waals surface area contributed by atoms with Gasteiger partial charge in [-0.3, -0.25) is 9.78 Å². The Bertz CT molecular complexity index is 927. The Morgan fingerprint density at radius 2 is 1.78 bits per heavy atom. The molecule has 1 heterocycles. The average molecular weight is 382 g/mol. The molecule has 0 saturated carbocycles. The molecule has 0 aliphatic heterocycles. The molecule has 6 heteroatoms. The van der Waals surface area contributed by atoms with Gasteiger partial charge in [0.1, 0.15) is 11.4 Å². The van der Waals surface area contributed by atoms with E-state index in [1.165, 1.54) is 0 Å². The third-order valence-corrected chi connectivity index (χ3v) is 3.96. The van der Waals surface area contributed by atoms with E-state index in [2.05, 4.69) is 15.6 Å². The van der Waals surface area contributed by atoms with E-state index in [4.69, 9.17) is 16.3 Å². The van der Waals surface area contributed by atoms with Gasteiger partial charge in [-0.15, -0.1) is 0 Å². The summed E-state index contributed by atoms with van der Waals surface area (Å²) < 4.78 is 5.63. The van der Waals surface area contributed by atoms with Gasteiger partial charge in [-0.2, -0.15) is 0 Å². The Morgan fingerprint density at radius 1 is 1.04 bits per heavy atom. The normalized spacial score (nSPS) is 10.5. The van der Waals surface area contributed by atoms with Crippen LogP contribution < -0.4 is 15.4 Å². The molecule has 3 rings (SSSR count). The van der Waals surface area contributed by atoms with Crippen molar-refractivity contribution < 1.29 is 9.53 Å². The first kappa shape index (κ1) is 18.7. The zero-order valence-corrected chi connectivity index (χ0v) is 15.8.